The first-order chi connectivity index (χ1) is 4.77. The van der Waals surface area contributed by atoms with Gasteiger partial charge < -0.3 is 5.11 Å². The lowest BCUT2D eigenvalue weighted by molar-refractivity contribution is 0.285. The monoisotopic (exact) mass is 140 g/mol. The molecule has 0 saturated carbocycles. The molecular weight excluding hydrogens is 124 g/mol. The van der Waals surface area contributed by atoms with Gasteiger partial charge in [0.05, 0.1) is 0 Å². The molecule has 0 atom stereocenters. The number of allylic oxidation sites excluding steroid dienone is 1. The van der Waals surface area contributed by atoms with Gasteiger partial charge >= 0.3 is 0 Å². The van der Waals surface area contributed by atoms with E-state index in [4.69, 9.17) is 5.11 Å². The molecule has 0 rings (SSSR count). The summed E-state index contributed by atoms with van der Waals surface area (Å²) in [6, 6.07) is 0. The second-order valence-corrected chi connectivity index (χ2v) is 2.57. The Kier molecular flexibility index (Phi) is 6.25. The van der Waals surface area contributed by atoms with Crippen molar-refractivity contribution in [3.63, 3.8) is 0 Å². The zero-order valence-corrected chi connectivity index (χ0v) is 6.85. The van der Waals surface area contributed by atoms with Crippen LogP contribution in [-0.4, -0.2) is 11.7 Å². The van der Waals surface area contributed by atoms with Gasteiger partial charge in [-0.25, -0.2) is 0 Å². The molecule has 0 aliphatic rings. The van der Waals surface area contributed by atoms with E-state index < -0.39 is 0 Å². The normalized spacial score (nSPS) is 8.70. The molecule has 0 bridgehead atoms. The van der Waals surface area contributed by atoms with E-state index in [1.54, 1.807) is 0 Å². The first-order valence-corrected chi connectivity index (χ1v) is 3.76. The van der Waals surface area contributed by atoms with Gasteiger partial charge in [0, 0.05) is 6.61 Å². The molecule has 0 aliphatic heterocycles. The van der Waals surface area contributed by atoms with Crippen molar-refractivity contribution in [2.45, 2.75) is 33.1 Å². The topological polar surface area (TPSA) is 20.2 Å². The van der Waals surface area contributed by atoms with E-state index in [9.17, 15) is 0 Å². The minimum absolute atomic E-state index is 0.308. The maximum absolute atomic E-state index is 8.44. The molecule has 0 aliphatic carbocycles. The third kappa shape index (κ3) is 7.48. The Balaban J connectivity index is 3.27. The molecule has 0 spiro atoms. The number of rotatable bonds is 4. The van der Waals surface area contributed by atoms with Gasteiger partial charge in [-0.15, -0.1) is 5.73 Å². The molecule has 0 aromatic heterocycles. The molecule has 0 radical (unpaired) electrons. The Morgan fingerprint density at radius 2 is 2.10 bits per heavy atom. The number of hydrogen-bond donors (Lipinski definition) is 1. The maximum Gasteiger partial charge on any atom is 0.0431 e. The predicted molar refractivity (Wildman–Crippen MR) is 43.9 cm³/mol. The third-order valence-corrected chi connectivity index (χ3v) is 1.15. The molecule has 1 nitrogen and oxygen atoms in total. The second kappa shape index (κ2) is 6.60. The minimum Gasteiger partial charge on any atom is -0.396 e. The standard InChI is InChI=1S/C9H16O/c1-9(2)7-5-3-4-6-8-10/h5,10H,3-4,6,8H2,1-2H3. The van der Waals surface area contributed by atoms with Crippen LogP contribution >= 0.6 is 0 Å². The van der Waals surface area contributed by atoms with Crippen LogP contribution in [0.15, 0.2) is 17.4 Å². The van der Waals surface area contributed by atoms with Crippen molar-refractivity contribution in [1.29, 1.82) is 0 Å². The van der Waals surface area contributed by atoms with Crippen LogP contribution < -0.4 is 0 Å². The van der Waals surface area contributed by atoms with Gasteiger partial charge in [-0.1, -0.05) is 0 Å². The Bertz CT molecular complexity index is 126. The van der Waals surface area contributed by atoms with Crippen LogP contribution in [0.3, 0.4) is 0 Å². The summed E-state index contributed by atoms with van der Waals surface area (Å²) in [4.78, 5) is 0. The van der Waals surface area contributed by atoms with Crippen LogP contribution in [0.5, 0.6) is 0 Å². The van der Waals surface area contributed by atoms with E-state index in [0.717, 1.165) is 19.3 Å². The molecule has 0 unspecified atom stereocenters. The zero-order valence-electron chi connectivity index (χ0n) is 6.85. The van der Waals surface area contributed by atoms with Crippen LogP contribution in [0.1, 0.15) is 33.1 Å². The zero-order chi connectivity index (χ0) is 7.82. The highest BCUT2D eigenvalue weighted by Gasteiger charge is 1.80. The van der Waals surface area contributed by atoms with E-state index in [-0.39, 0.29) is 0 Å². The Hall–Kier alpha value is -0.520. The van der Waals surface area contributed by atoms with Crippen LogP contribution in [0.4, 0.5) is 0 Å². The van der Waals surface area contributed by atoms with Crippen LogP contribution in [0.2, 0.25) is 0 Å². The summed E-state index contributed by atoms with van der Waals surface area (Å²) in [7, 11) is 0. The SMILES string of the molecule is CC(C)=C=CCCCCO. The summed E-state index contributed by atoms with van der Waals surface area (Å²) < 4.78 is 0. The van der Waals surface area contributed by atoms with E-state index in [2.05, 4.69) is 5.73 Å². The van der Waals surface area contributed by atoms with Gasteiger partial charge in [0.1, 0.15) is 0 Å². The molecule has 10 heavy (non-hydrogen) atoms. The molecule has 0 saturated heterocycles. The molecule has 0 fully saturated rings. The predicted octanol–water partition coefficient (Wildman–Crippen LogP) is 2.27. The van der Waals surface area contributed by atoms with Gasteiger partial charge in [0.15, 0.2) is 0 Å². The summed E-state index contributed by atoms with van der Waals surface area (Å²) in [5.41, 5.74) is 4.33. The molecule has 0 aromatic rings. The van der Waals surface area contributed by atoms with Crippen molar-refractivity contribution < 1.29 is 5.11 Å². The van der Waals surface area contributed by atoms with Crippen molar-refractivity contribution in [1.82, 2.24) is 0 Å². The lowest BCUT2D eigenvalue weighted by Crippen LogP contribution is -1.79. The molecule has 0 aromatic carbocycles. The lowest BCUT2D eigenvalue weighted by Gasteiger charge is -1.88. The van der Waals surface area contributed by atoms with Crippen LogP contribution in [0.25, 0.3) is 0 Å². The Morgan fingerprint density at radius 1 is 1.40 bits per heavy atom. The van der Waals surface area contributed by atoms with Crippen molar-refractivity contribution >= 4 is 0 Å². The highest BCUT2D eigenvalue weighted by Crippen LogP contribution is 1.95. The quantitative estimate of drug-likeness (QED) is 0.469. The third-order valence-electron chi connectivity index (χ3n) is 1.15. The fraction of sp³-hybridized carbons (Fsp3) is 0.667. The van der Waals surface area contributed by atoms with Crippen molar-refractivity contribution in [3.05, 3.63) is 17.4 Å². The van der Waals surface area contributed by atoms with Gasteiger partial charge in [-0.3, -0.25) is 0 Å². The largest absolute Gasteiger partial charge is 0.396 e. The average Bonchev–Trinajstić information content (AvgIpc) is 1.87. The molecule has 0 amide bonds. The Labute approximate surface area is 63.1 Å². The highest BCUT2D eigenvalue weighted by molar-refractivity contribution is 4.93. The molecule has 58 valence electrons. The van der Waals surface area contributed by atoms with Crippen molar-refractivity contribution in [3.8, 4) is 0 Å². The highest BCUT2D eigenvalue weighted by atomic mass is 16.2. The van der Waals surface area contributed by atoms with Crippen molar-refractivity contribution in [2.75, 3.05) is 6.61 Å². The maximum atomic E-state index is 8.44. The van der Waals surface area contributed by atoms with Gasteiger partial charge in [0.2, 0.25) is 0 Å². The van der Waals surface area contributed by atoms with Gasteiger partial charge in [0.25, 0.3) is 0 Å². The van der Waals surface area contributed by atoms with Crippen LogP contribution in [-0.2, 0) is 0 Å². The van der Waals surface area contributed by atoms with E-state index >= 15 is 0 Å². The number of hydrogen-bond acceptors (Lipinski definition) is 1. The molecule has 0 heterocycles. The van der Waals surface area contributed by atoms with E-state index in [1.807, 2.05) is 19.9 Å². The summed E-state index contributed by atoms with van der Waals surface area (Å²) in [5, 5.41) is 8.44. The number of aliphatic hydroxyl groups excluding tert-OH is 1. The Morgan fingerprint density at radius 3 is 2.60 bits per heavy atom. The lowest BCUT2D eigenvalue weighted by atomic mass is 10.2. The van der Waals surface area contributed by atoms with E-state index in [1.165, 1.54) is 5.57 Å². The first-order valence-electron chi connectivity index (χ1n) is 3.76. The van der Waals surface area contributed by atoms with Crippen LogP contribution in [0, 0.1) is 0 Å². The second-order valence-electron chi connectivity index (χ2n) is 2.57. The summed E-state index contributed by atoms with van der Waals surface area (Å²) >= 11 is 0. The fourth-order valence-electron chi connectivity index (χ4n) is 0.634. The smallest absolute Gasteiger partial charge is 0.0431 e. The number of aliphatic hydroxyl groups is 1. The van der Waals surface area contributed by atoms with Crippen molar-refractivity contribution in [2.24, 2.45) is 0 Å². The molecule has 1 heteroatoms. The summed E-state index contributed by atoms with van der Waals surface area (Å²) in [6.45, 7) is 4.37. The summed E-state index contributed by atoms with van der Waals surface area (Å²) in [6.07, 6.45) is 5.04. The minimum atomic E-state index is 0.308. The van der Waals surface area contributed by atoms with E-state index in [0.29, 0.717) is 6.61 Å². The first kappa shape index (κ1) is 9.48. The average molecular weight is 140 g/mol. The molecule has 1 N–H and O–H groups in total. The van der Waals surface area contributed by atoms with Gasteiger partial charge in [-0.2, -0.15) is 0 Å². The number of unbranched alkanes of at least 4 members (excludes halogenated alkanes) is 2. The summed E-state index contributed by atoms with van der Waals surface area (Å²) in [5.74, 6) is 0. The van der Waals surface area contributed by atoms with Gasteiger partial charge in [-0.05, 0) is 44.8 Å². The fourth-order valence-corrected chi connectivity index (χ4v) is 0.634. The molecular formula is C9H16O.